The number of nitrogens with zero attached hydrogens (tertiary/aromatic N) is 1. The first-order valence-electron chi connectivity index (χ1n) is 6.58. The molecule has 0 aromatic heterocycles. The molecule has 1 aliphatic rings. The van der Waals surface area contributed by atoms with E-state index in [-0.39, 0.29) is 5.78 Å². The molecule has 98 valence electrons. The van der Waals surface area contributed by atoms with Crippen molar-refractivity contribution in [2.75, 3.05) is 26.3 Å². The molecule has 0 aliphatic carbocycles. The molecule has 1 unspecified atom stereocenters. The quantitative estimate of drug-likeness (QED) is 0.765. The van der Waals surface area contributed by atoms with Crippen LogP contribution in [0.15, 0.2) is 24.3 Å². The van der Waals surface area contributed by atoms with Crippen LogP contribution in [0, 0.1) is 6.92 Å². The van der Waals surface area contributed by atoms with Gasteiger partial charge in [-0.1, -0.05) is 29.8 Å². The summed E-state index contributed by atoms with van der Waals surface area (Å²) < 4.78 is 5.39. The van der Waals surface area contributed by atoms with Gasteiger partial charge in [-0.3, -0.25) is 9.69 Å². The molecule has 2 rings (SSSR count). The number of carbonyl (C=O) groups excluding carboxylic acids is 1. The van der Waals surface area contributed by atoms with Gasteiger partial charge in [0.05, 0.1) is 13.2 Å². The molecule has 1 aromatic carbocycles. The van der Waals surface area contributed by atoms with E-state index in [4.69, 9.17) is 4.74 Å². The Morgan fingerprint density at radius 3 is 2.78 bits per heavy atom. The fraction of sp³-hybridized carbons (Fsp3) is 0.533. The lowest BCUT2D eigenvalue weighted by atomic mass is 10.1. The molecular formula is C15H21NO2. The smallest absolute Gasteiger partial charge is 0.164 e. The van der Waals surface area contributed by atoms with E-state index in [1.54, 1.807) is 0 Å². The van der Waals surface area contributed by atoms with Gasteiger partial charge in [-0.25, -0.2) is 0 Å². The fourth-order valence-corrected chi connectivity index (χ4v) is 2.22. The topological polar surface area (TPSA) is 29.5 Å². The van der Waals surface area contributed by atoms with Crippen LogP contribution in [0.4, 0.5) is 0 Å². The highest BCUT2D eigenvalue weighted by atomic mass is 16.5. The van der Waals surface area contributed by atoms with Crippen molar-refractivity contribution in [2.45, 2.75) is 26.3 Å². The zero-order chi connectivity index (χ0) is 13.0. The van der Waals surface area contributed by atoms with Crippen LogP contribution in [0.2, 0.25) is 0 Å². The molecule has 1 aliphatic heterocycles. The van der Waals surface area contributed by atoms with Gasteiger partial charge in [0.25, 0.3) is 0 Å². The first-order chi connectivity index (χ1) is 8.66. The SMILES string of the molecule is Cc1ccc(C(=O)CCN2CCOCC2C)cc1. The summed E-state index contributed by atoms with van der Waals surface area (Å²) in [6.45, 7) is 7.50. The van der Waals surface area contributed by atoms with E-state index >= 15 is 0 Å². The van der Waals surface area contributed by atoms with Gasteiger partial charge in [-0.15, -0.1) is 0 Å². The molecule has 0 bridgehead atoms. The maximum Gasteiger partial charge on any atom is 0.164 e. The van der Waals surface area contributed by atoms with Crippen LogP contribution in [0.1, 0.15) is 29.3 Å². The van der Waals surface area contributed by atoms with E-state index in [2.05, 4.69) is 11.8 Å². The number of Topliss-reactive ketones (excluding diaryl/α,β-unsaturated/α-hetero) is 1. The van der Waals surface area contributed by atoms with Crippen molar-refractivity contribution in [3.8, 4) is 0 Å². The predicted octanol–water partition coefficient (Wildman–Crippen LogP) is 2.29. The molecule has 1 fully saturated rings. The molecule has 0 amide bonds. The Morgan fingerprint density at radius 2 is 2.11 bits per heavy atom. The molecule has 1 heterocycles. The number of ketones is 1. The second-order valence-electron chi connectivity index (χ2n) is 5.00. The summed E-state index contributed by atoms with van der Waals surface area (Å²) in [6, 6.07) is 8.24. The minimum atomic E-state index is 0.230. The summed E-state index contributed by atoms with van der Waals surface area (Å²) in [6.07, 6.45) is 0.591. The van der Waals surface area contributed by atoms with Crippen molar-refractivity contribution in [1.29, 1.82) is 0 Å². The number of rotatable bonds is 4. The monoisotopic (exact) mass is 247 g/mol. The van der Waals surface area contributed by atoms with Crippen LogP contribution in [0.25, 0.3) is 0 Å². The number of ether oxygens (including phenoxy) is 1. The van der Waals surface area contributed by atoms with Crippen LogP contribution in [-0.2, 0) is 4.74 Å². The molecule has 0 spiro atoms. The highest BCUT2D eigenvalue weighted by Crippen LogP contribution is 2.10. The first kappa shape index (κ1) is 13.2. The highest BCUT2D eigenvalue weighted by Gasteiger charge is 2.19. The van der Waals surface area contributed by atoms with Gasteiger partial charge in [0.2, 0.25) is 0 Å². The standard InChI is InChI=1S/C15H21NO2/c1-12-3-5-14(6-4-12)15(17)7-8-16-9-10-18-11-13(16)2/h3-6,13H,7-11H2,1-2H3. The van der Waals surface area contributed by atoms with Gasteiger partial charge in [0.15, 0.2) is 5.78 Å². The largest absolute Gasteiger partial charge is 0.379 e. The van der Waals surface area contributed by atoms with Crippen molar-refractivity contribution in [3.05, 3.63) is 35.4 Å². The second-order valence-corrected chi connectivity index (χ2v) is 5.00. The Balaban J connectivity index is 1.86. The van der Waals surface area contributed by atoms with E-state index in [1.165, 1.54) is 5.56 Å². The molecular weight excluding hydrogens is 226 g/mol. The third kappa shape index (κ3) is 3.40. The fourth-order valence-electron chi connectivity index (χ4n) is 2.22. The predicted molar refractivity (Wildman–Crippen MR) is 72.0 cm³/mol. The van der Waals surface area contributed by atoms with Gasteiger partial charge < -0.3 is 4.74 Å². The Morgan fingerprint density at radius 1 is 1.39 bits per heavy atom. The normalized spacial score (nSPS) is 20.9. The molecule has 0 radical (unpaired) electrons. The number of hydrogen-bond acceptors (Lipinski definition) is 3. The lowest BCUT2D eigenvalue weighted by Crippen LogP contribution is -2.44. The van der Waals surface area contributed by atoms with E-state index in [0.717, 1.165) is 31.9 Å². The maximum absolute atomic E-state index is 12.0. The highest BCUT2D eigenvalue weighted by molar-refractivity contribution is 5.96. The van der Waals surface area contributed by atoms with E-state index < -0.39 is 0 Å². The van der Waals surface area contributed by atoms with Gasteiger partial charge in [-0.05, 0) is 13.8 Å². The Labute approximate surface area is 109 Å². The minimum Gasteiger partial charge on any atom is -0.379 e. The van der Waals surface area contributed by atoms with Crippen molar-refractivity contribution in [1.82, 2.24) is 4.90 Å². The van der Waals surface area contributed by atoms with Crippen LogP contribution in [-0.4, -0.2) is 43.0 Å². The van der Waals surface area contributed by atoms with Crippen molar-refractivity contribution in [3.63, 3.8) is 0 Å². The Kier molecular flexibility index (Phi) is 4.50. The van der Waals surface area contributed by atoms with Crippen LogP contribution in [0.5, 0.6) is 0 Å². The minimum absolute atomic E-state index is 0.230. The Bertz CT molecular complexity index is 399. The van der Waals surface area contributed by atoms with Gasteiger partial charge in [0, 0.05) is 31.1 Å². The van der Waals surface area contributed by atoms with Crippen LogP contribution >= 0.6 is 0 Å². The molecule has 3 nitrogen and oxygen atoms in total. The third-order valence-electron chi connectivity index (χ3n) is 3.50. The summed E-state index contributed by atoms with van der Waals surface area (Å²) >= 11 is 0. The van der Waals surface area contributed by atoms with Crippen molar-refractivity contribution in [2.24, 2.45) is 0 Å². The molecule has 3 heteroatoms. The van der Waals surface area contributed by atoms with Crippen LogP contribution < -0.4 is 0 Å². The van der Waals surface area contributed by atoms with Gasteiger partial charge in [-0.2, -0.15) is 0 Å². The number of benzene rings is 1. The first-order valence-corrected chi connectivity index (χ1v) is 6.58. The Hall–Kier alpha value is -1.19. The molecule has 18 heavy (non-hydrogen) atoms. The van der Waals surface area contributed by atoms with Crippen molar-refractivity contribution < 1.29 is 9.53 Å². The zero-order valence-electron chi connectivity index (χ0n) is 11.2. The number of aryl methyl sites for hydroxylation is 1. The number of carbonyl (C=O) groups is 1. The average molecular weight is 247 g/mol. The van der Waals surface area contributed by atoms with Crippen LogP contribution in [0.3, 0.4) is 0 Å². The molecule has 0 saturated carbocycles. The van der Waals surface area contributed by atoms with E-state index in [0.29, 0.717) is 12.5 Å². The summed E-state index contributed by atoms with van der Waals surface area (Å²) in [5.74, 6) is 0.230. The van der Waals surface area contributed by atoms with E-state index in [1.807, 2.05) is 31.2 Å². The van der Waals surface area contributed by atoms with Gasteiger partial charge in [0.1, 0.15) is 0 Å². The average Bonchev–Trinajstić information content (AvgIpc) is 2.38. The maximum atomic E-state index is 12.0. The molecule has 1 saturated heterocycles. The zero-order valence-corrected chi connectivity index (χ0v) is 11.2. The molecule has 1 aromatic rings. The lowest BCUT2D eigenvalue weighted by Gasteiger charge is -2.32. The summed E-state index contributed by atoms with van der Waals surface area (Å²) in [5.41, 5.74) is 2.01. The number of hydrogen-bond donors (Lipinski definition) is 0. The molecule has 1 atom stereocenters. The van der Waals surface area contributed by atoms with E-state index in [9.17, 15) is 4.79 Å². The van der Waals surface area contributed by atoms with Crippen molar-refractivity contribution >= 4 is 5.78 Å². The number of morpholine rings is 1. The summed E-state index contributed by atoms with van der Waals surface area (Å²) in [5, 5.41) is 0. The van der Waals surface area contributed by atoms with Gasteiger partial charge >= 0.3 is 0 Å². The lowest BCUT2D eigenvalue weighted by molar-refractivity contribution is -0.000208. The third-order valence-corrected chi connectivity index (χ3v) is 3.50. The second kappa shape index (κ2) is 6.12. The summed E-state index contributed by atoms with van der Waals surface area (Å²) in [7, 11) is 0. The molecule has 0 N–H and O–H groups in total. The summed E-state index contributed by atoms with van der Waals surface area (Å²) in [4.78, 5) is 14.4.